The van der Waals surface area contributed by atoms with Crippen molar-refractivity contribution in [2.24, 2.45) is 35.5 Å². The molecule has 14 heteroatoms. The second-order valence-corrected chi connectivity index (χ2v) is 20.2. The minimum absolute atomic E-state index is 0.0273. The summed E-state index contributed by atoms with van der Waals surface area (Å²) in [4.78, 5) is 57.9. The number of aliphatic hydroxyl groups is 4. The highest BCUT2D eigenvalue weighted by atomic mass is 16.7. The first-order valence-corrected chi connectivity index (χ1v) is 24.1. The molecule has 0 aromatic carbocycles. The highest BCUT2D eigenvalue weighted by molar-refractivity contribution is 5.98. The van der Waals surface area contributed by atoms with Gasteiger partial charge < -0.3 is 49.0 Å². The monoisotopic (exact) mass is 914 g/mol. The molecule has 17 atom stereocenters. The molecule has 4 aliphatic heterocycles. The van der Waals surface area contributed by atoms with Gasteiger partial charge in [-0.3, -0.25) is 14.4 Å². The van der Waals surface area contributed by atoms with Gasteiger partial charge in [-0.05, 0) is 107 Å². The third-order valence-corrected chi connectivity index (χ3v) is 15.4. The van der Waals surface area contributed by atoms with Crippen molar-refractivity contribution in [2.75, 3.05) is 21.3 Å². The molecular weight excluding hydrogens is 835 g/mol. The summed E-state index contributed by atoms with van der Waals surface area (Å²) in [7, 11) is 4.56. The summed E-state index contributed by atoms with van der Waals surface area (Å²) in [6.45, 7) is 12.8. The minimum Gasteiger partial charge on any atom is -0.460 e. The highest BCUT2D eigenvalue weighted by Crippen LogP contribution is 2.52. The zero-order chi connectivity index (χ0) is 48.0. The van der Waals surface area contributed by atoms with Crippen LogP contribution >= 0.6 is 0 Å². The number of hydrogen-bond acceptors (Lipinski definition) is 13. The maximum atomic E-state index is 14.4. The summed E-state index contributed by atoms with van der Waals surface area (Å²) in [6, 6.07) is -1.97. The maximum absolute atomic E-state index is 14.4. The lowest BCUT2D eigenvalue weighted by Crippen LogP contribution is -2.87. The van der Waals surface area contributed by atoms with Crippen LogP contribution in [0.15, 0.2) is 47.6 Å². The smallest absolute Gasteiger partial charge is 0.329 e. The van der Waals surface area contributed by atoms with Crippen LogP contribution in [0.25, 0.3) is 0 Å². The van der Waals surface area contributed by atoms with Crippen LogP contribution in [-0.4, -0.2) is 136 Å². The molecule has 4 heterocycles. The average Bonchev–Trinajstić information content (AvgIpc) is 3.28. The third kappa shape index (κ3) is 11.6. The first kappa shape index (κ1) is 52.9. The number of amides is 1. The van der Waals surface area contributed by atoms with Gasteiger partial charge in [0.1, 0.15) is 30.1 Å². The lowest BCUT2D eigenvalue weighted by molar-refractivity contribution is -0.376. The topological polar surface area (TPSA) is 199 Å². The Balaban J connectivity index is 1.47. The van der Waals surface area contributed by atoms with Gasteiger partial charge >= 0.3 is 5.97 Å². The molecule has 5 rings (SSSR count). The molecule has 0 spiro atoms. The Morgan fingerprint density at radius 3 is 2.25 bits per heavy atom. The molecule has 5 aliphatic rings. The van der Waals surface area contributed by atoms with Crippen molar-refractivity contribution in [2.45, 2.75) is 192 Å². The summed E-state index contributed by atoms with van der Waals surface area (Å²) < 4.78 is 29.7. The molecule has 3 saturated heterocycles. The molecule has 14 nitrogen and oxygen atoms in total. The second-order valence-electron chi connectivity index (χ2n) is 20.2. The van der Waals surface area contributed by atoms with Crippen molar-refractivity contribution >= 4 is 23.4 Å². The van der Waals surface area contributed by atoms with Crippen LogP contribution in [0.1, 0.15) is 126 Å². The van der Waals surface area contributed by atoms with Crippen LogP contribution in [0, 0.1) is 35.5 Å². The van der Waals surface area contributed by atoms with E-state index in [9.17, 15) is 39.6 Å². The number of fused-ring (bicyclic) bond motifs is 5. The van der Waals surface area contributed by atoms with E-state index in [0.29, 0.717) is 63.4 Å². The number of piperidine rings is 1. The van der Waals surface area contributed by atoms with E-state index in [1.165, 1.54) is 12.0 Å². The van der Waals surface area contributed by atoms with Gasteiger partial charge in [0, 0.05) is 51.9 Å². The fraction of sp³-hybridized carbons (Fsp3) is 0.765. The van der Waals surface area contributed by atoms with Gasteiger partial charge in [0.25, 0.3) is 5.91 Å². The van der Waals surface area contributed by atoms with Gasteiger partial charge in [0.15, 0.2) is 5.78 Å². The number of carbonyl (C=O) groups is 4. The quantitative estimate of drug-likeness (QED) is 0.143. The van der Waals surface area contributed by atoms with Gasteiger partial charge in [0.2, 0.25) is 11.4 Å². The molecule has 1 aliphatic carbocycles. The summed E-state index contributed by atoms with van der Waals surface area (Å²) >= 11 is 0. The average molecular weight is 914 g/mol. The molecule has 0 radical (unpaired) electrons. The number of esters is 1. The fourth-order valence-electron chi connectivity index (χ4n) is 11.2. The molecule has 65 heavy (non-hydrogen) atoms. The SMILES string of the molecule is CO[C@H]1C[C@@H]2CC[C@@H](C)[C@@](O)(O2)[C@]2(O)C(=O)N3[C@@H](CCC[C@@H]32)C(=O)O[C@H]([C@H](C)C[C@@H]2CC[C@@H](O)[C@H](OC)C2)CC(=O)[C@H](C)/C=C(\C)[C@@H](O)[C@@H](OC)C(=O)[C@H](C)C[C@H](C)/C=C/C=C/C=C/1C. The number of cyclic esters (lactones) is 1. The van der Waals surface area contributed by atoms with E-state index in [4.69, 9.17) is 23.7 Å². The van der Waals surface area contributed by atoms with Crippen LogP contribution in [0.5, 0.6) is 0 Å². The Bertz CT molecular complexity index is 1790. The third-order valence-electron chi connectivity index (χ3n) is 15.4. The van der Waals surface area contributed by atoms with Gasteiger partial charge in [-0.25, -0.2) is 4.79 Å². The summed E-state index contributed by atoms with van der Waals surface area (Å²) in [5.74, 6) is -6.13. The van der Waals surface area contributed by atoms with Crippen molar-refractivity contribution < 1.29 is 63.3 Å². The van der Waals surface area contributed by atoms with E-state index >= 15 is 0 Å². The molecule has 0 unspecified atom stereocenters. The van der Waals surface area contributed by atoms with Gasteiger partial charge in [-0.2, -0.15) is 0 Å². The van der Waals surface area contributed by atoms with E-state index in [1.54, 1.807) is 41.1 Å². The number of carbonyl (C=O) groups excluding carboxylic acids is 4. The number of β-lactam (4-membered cyclic amide) rings is 1. The first-order valence-electron chi connectivity index (χ1n) is 24.1. The van der Waals surface area contributed by atoms with Crippen molar-refractivity contribution in [3.05, 3.63) is 47.6 Å². The predicted octanol–water partition coefficient (Wildman–Crippen LogP) is 5.72. The Morgan fingerprint density at radius 2 is 1.57 bits per heavy atom. The number of rotatable bonds is 6. The first-order chi connectivity index (χ1) is 30.7. The highest BCUT2D eigenvalue weighted by Gasteiger charge is 2.75. The second kappa shape index (κ2) is 22.8. The van der Waals surface area contributed by atoms with Crippen molar-refractivity contribution in [1.29, 1.82) is 0 Å². The van der Waals surface area contributed by atoms with E-state index in [0.717, 1.165) is 12.0 Å². The Labute approximate surface area is 386 Å². The van der Waals surface area contributed by atoms with Crippen LogP contribution < -0.4 is 0 Å². The Kier molecular flexibility index (Phi) is 18.6. The molecule has 4 bridgehead atoms. The van der Waals surface area contributed by atoms with Crippen LogP contribution in [0.3, 0.4) is 0 Å². The number of ketones is 2. The van der Waals surface area contributed by atoms with E-state index in [2.05, 4.69) is 0 Å². The standard InChI is InChI=1S/C51H79NO13/c1-29-15-12-11-13-16-30(2)41(61-8)27-37-21-19-35(7)51(60,65-37)50(59)44-18-14-17-38(52(44)49(50)58)48(57)64-42(32(4)25-36-20-22-39(53)43(26-36)62-9)28-40(54)31(3)24-34(6)46(56)47(63-10)45(55)33(5)23-29/h11-13,15-16,24,29,31-33,35-39,41-44,46-47,53,56,59-60H,14,17-23,25-28H2,1-10H3/b13-11+,15-12+,30-16+,34-24+/t29-,31-,32-,33-,35-,36+,37+,38+,39-,41+,42+,43-,44-,46-,47+,50-,51-/m1/s1. The zero-order valence-electron chi connectivity index (χ0n) is 40.5. The molecule has 4 N–H and O–H groups in total. The fourth-order valence-corrected chi connectivity index (χ4v) is 11.2. The molecule has 0 aromatic rings. The van der Waals surface area contributed by atoms with Crippen LogP contribution in [0.2, 0.25) is 0 Å². The molecule has 366 valence electrons. The number of allylic oxidation sites excluding steroid dienone is 6. The van der Waals surface area contributed by atoms with Gasteiger partial charge in [-0.15, -0.1) is 0 Å². The summed E-state index contributed by atoms with van der Waals surface area (Å²) in [5, 5.41) is 46.6. The number of aliphatic hydroxyl groups excluding tert-OH is 2. The molecule has 1 saturated carbocycles. The normalized spacial score (nSPS) is 44.1. The van der Waals surface area contributed by atoms with Crippen LogP contribution in [0.4, 0.5) is 0 Å². The van der Waals surface area contributed by atoms with E-state index < -0.39 is 83.6 Å². The van der Waals surface area contributed by atoms with Crippen molar-refractivity contribution in [3.63, 3.8) is 0 Å². The van der Waals surface area contributed by atoms with E-state index in [-0.39, 0.29) is 54.4 Å². The predicted molar refractivity (Wildman–Crippen MR) is 244 cm³/mol. The molecular formula is C51H79NO13. The zero-order valence-corrected chi connectivity index (χ0v) is 40.5. The maximum Gasteiger partial charge on any atom is 0.329 e. The number of methoxy groups -OCH3 is 3. The molecule has 4 fully saturated rings. The number of nitrogens with zero attached hydrogens (tertiary/aromatic N) is 1. The van der Waals surface area contributed by atoms with E-state index in [1.807, 2.05) is 58.1 Å². The van der Waals surface area contributed by atoms with Gasteiger partial charge in [0.05, 0.1) is 30.5 Å². The largest absolute Gasteiger partial charge is 0.460 e. The van der Waals surface area contributed by atoms with Gasteiger partial charge in [-0.1, -0.05) is 71.1 Å². The molecule has 1 amide bonds. The molecule has 0 aromatic heterocycles. The minimum atomic E-state index is -2.30. The Hall–Kier alpha value is -3.08. The number of ether oxygens (including phenoxy) is 5. The summed E-state index contributed by atoms with van der Waals surface area (Å²) in [6.07, 6.45) is 11.4. The lowest BCUT2D eigenvalue weighted by atomic mass is 9.65. The number of Topliss-reactive ketones (excluding diaryl/α,β-unsaturated/α-hetero) is 2. The van der Waals surface area contributed by atoms with Crippen LogP contribution in [-0.2, 0) is 42.9 Å². The van der Waals surface area contributed by atoms with Crippen molar-refractivity contribution in [1.82, 2.24) is 4.90 Å². The lowest BCUT2D eigenvalue weighted by Gasteiger charge is -2.64. The number of hydrogen-bond donors (Lipinski definition) is 4. The summed E-state index contributed by atoms with van der Waals surface area (Å²) in [5.41, 5.74) is -0.994. The van der Waals surface area contributed by atoms with Crippen molar-refractivity contribution in [3.8, 4) is 0 Å². The Morgan fingerprint density at radius 1 is 0.846 bits per heavy atom.